The van der Waals surface area contributed by atoms with E-state index in [4.69, 9.17) is 9.47 Å². The van der Waals surface area contributed by atoms with Crippen molar-refractivity contribution in [3.63, 3.8) is 0 Å². The van der Waals surface area contributed by atoms with Gasteiger partial charge in [0.15, 0.2) is 23.0 Å². The van der Waals surface area contributed by atoms with Crippen LogP contribution in [0.3, 0.4) is 0 Å². The molecule has 0 aromatic heterocycles. The van der Waals surface area contributed by atoms with E-state index in [2.05, 4.69) is 318 Å². The number of ether oxygens (including phenoxy) is 2. The molecule has 424 valence electrons. The summed E-state index contributed by atoms with van der Waals surface area (Å²) in [4.78, 5) is 9.07. The van der Waals surface area contributed by atoms with E-state index in [9.17, 15) is 0 Å². The Morgan fingerprint density at radius 3 is 0.756 bits per heavy atom. The molecule has 0 saturated heterocycles. The zero-order valence-corrected chi connectivity index (χ0v) is 50.3. The monoisotopic (exact) mass is 1120 g/mol. The summed E-state index contributed by atoms with van der Waals surface area (Å²) in [6.07, 6.45) is 0. The largest absolute Gasteiger partial charge is 0.453 e. The fourth-order valence-corrected chi connectivity index (χ4v) is 10.5. The Labute approximate surface area is 508 Å². The standard InChI is InChI=1S/C21H19NO.C21H21N.C19H15NO.C19H17N/c1-14-4-8-17(9-5-14)22-18-10-6-15(2)12-20(18)23-21-13-16(3)7-11-19(21)22;1-16-4-10-19(11-5-16)22(20-12-6-17(2)7-13-20)21-14-8-18(3)9-15-21;1-14-10-12-15(13-11-14)20-16-6-2-4-8-18(16)21-19-9-5-3-7-17(19)20;1-16-12-14-19(15-13-16)20(17-8-4-2-5-9-17)18-10-6-3-7-11-18/h4-13H,1-3H3;4-15H,1-3H3;2-13H,1H3;2-15H,1H3. The Hall–Kier alpha value is -10.6. The first-order chi connectivity index (χ1) is 41.9. The molecule has 0 atom stereocenters. The van der Waals surface area contributed by atoms with Gasteiger partial charge in [-0.25, -0.2) is 0 Å². The second-order valence-electron chi connectivity index (χ2n) is 22.1. The Morgan fingerprint density at radius 2 is 0.442 bits per heavy atom. The van der Waals surface area contributed by atoms with Crippen LogP contribution >= 0.6 is 0 Å². The van der Waals surface area contributed by atoms with E-state index in [0.717, 1.165) is 57.1 Å². The fraction of sp³-hybridized carbons (Fsp3) is 0.100. The van der Waals surface area contributed by atoms with E-state index in [0.29, 0.717) is 0 Å². The van der Waals surface area contributed by atoms with E-state index in [-0.39, 0.29) is 0 Å². The van der Waals surface area contributed by atoms with Gasteiger partial charge < -0.3 is 29.1 Å². The van der Waals surface area contributed by atoms with Crippen LogP contribution in [-0.2, 0) is 0 Å². The predicted octanol–water partition coefficient (Wildman–Crippen LogP) is 23.3. The molecule has 0 N–H and O–H groups in total. The molecule has 86 heavy (non-hydrogen) atoms. The van der Waals surface area contributed by atoms with Crippen molar-refractivity contribution in [3.05, 3.63) is 336 Å². The Bertz CT molecular complexity index is 3920. The molecule has 12 aromatic rings. The zero-order chi connectivity index (χ0) is 59.5. The summed E-state index contributed by atoms with van der Waals surface area (Å²) in [7, 11) is 0. The van der Waals surface area contributed by atoms with Gasteiger partial charge in [0.25, 0.3) is 0 Å². The van der Waals surface area contributed by atoms with Crippen molar-refractivity contribution in [2.45, 2.75) is 55.4 Å². The number of hydrogen-bond acceptors (Lipinski definition) is 6. The van der Waals surface area contributed by atoms with E-state index in [1.807, 2.05) is 48.5 Å². The molecule has 0 aliphatic carbocycles. The maximum Gasteiger partial charge on any atom is 0.151 e. The van der Waals surface area contributed by atoms with Gasteiger partial charge in [-0.15, -0.1) is 0 Å². The summed E-state index contributed by atoms with van der Waals surface area (Å²) >= 11 is 0. The van der Waals surface area contributed by atoms with Crippen LogP contribution in [0.25, 0.3) is 0 Å². The van der Waals surface area contributed by atoms with E-state index < -0.39 is 0 Å². The van der Waals surface area contributed by atoms with Crippen LogP contribution in [0, 0.1) is 55.4 Å². The highest BCUT2D eigenvalue weighted by Gasteiger charge is 2.27. The van der Waals surface area contributed by atoms with Crippen LogP contribution in [-0.4, -0.2) is 0 Å². The minimum atomic E-state index is 0.886. The van der Waals surface area contributed by atoms with Crippen LogP contribution in [0.1, 0.15) is 44.5 Å². The van der Waals surface area contributed by atoms with Crippen molar-refractivity contribution < 1.29 is 9.47 Å². The summed E-state index contributed by atoms with van der Waals surface area (Å²) in [5, 5.41) is 0. The van der Waals surface area contributed by atoms with Gasteiger partial charge in [-0.05, 0) is 212 Å². The number of hydrogen-bond donors (Lipinski definition) is 0. The highest BCUT2D eigenvalue weighted by molar-refractivity contribution is 5.88. The van der Waals surface area contributed by atoms with E-state index in [1.54, 1.807) is 0 Å². The summed E-state index contributed by atoms with van der Waals surface area (Å²) in [6.45, 7) is 16.8. The van der Waals surface area contributed by atoms with Crippen molar-refractivity contribution in [2.75, 3.05) is 19.6 Å². The number of benzene rings is 12. The summed E-state index contributed by atoms with van der Waals surface area (Å²) in [6, 6.07) is 102. The van der Waals surface area contributed by atoms with Crippen LogP contribution < -0.4 is 29.1 Å². The van der Waals surface area contributed by atoms with Crippen molar-refractivity contribution in [1.82, 2.24) is 0 Å². The summed E-state index contributed by atoms with van der Waals surface area (Å²) in [5.41, 5.74) is 23.6. The third kappa shape index (κ3) is 13.4. The SMILES string of the molecule is Cc1ccc(N(c2ccc(C)cc2)c2ccc(C)cc2)cc1.Cc1ccc(N(c2ccccc2)c2ccccc2)cc1.Cc1ccc(N2c3ccc(C)cc3Oc3cc(C)ccc32)cc1.Cc1ccc(N2c3ccccc3Oc3ccccc32)cc1. The maximum absolute atomic E-state index is 6.17. The van der Waals surface area contributed by atoms with E-state index in [1.165, 1.54) is 78.6 Å². The third-order valence-corrected chi connectivity index (χ3v) is 15.1. The van der Waals surface area contributed by atoms with Crippen molar-refractivity contribution in [2.24, 2.45) is 0 Å². The molecule has 6 heteroatoms. The topological polar surface area (TPSA) is 31.4 Å². The molecule has 0 amide bonds. The van der Waals surface area contributed by atoms with Crippen LogP contribution in [0.4, 0.5) is 68.2 Å². The van der Waals surface area contributed by atoms with Crippen LogP contribution in [0.15, 0.2) is 291 Å². The lowest BCUT2D eigenvalue weighted by molar-refractivity contribution is 0.476. The highest BCUT2D eigenvalue weighted by atomic mass is 16.5. The first kappa shape index (κ1) is 57.3. The molecule has 0 spiro atoms. The Balaban J connectivity index is 0.000000119. The molecule has 2 aliphatic rings. The lowest BCUT2D eigenvalue weighted by Gasteiger charge is -2.33. The smallest absolute Gasteiger partial charge is 0.151 e. The predicted molar refractivity (Wildman–Crippen MR) is 363 cm³/mol. The van der Waals surface area contributed by atoms with Gasteiger partial charge in [0, 0.05) is 45.5 Å². The van der Waals surface area contributed by atoms with E-state index >= 15 is 0 Å². The Morgan fingerprint density at radius 1 is 0.209 bits per heavy atom. The zero-order valence-electron chi connectivity index (χ0n) is 50.3. The number of anilines is 12. The average molecular weight is 1120 g/mol. The molecule has 2 heterocycles. The molecule has 6 nitrogen and oxygen atoms in total. The lowest BCUT2D eigenvalue weighted by Crippen LogP contribution is -2.16. The van der Waals surface area contributed by atoms with Crippen molar-refractivity contribution >= 4 is 68.2 Å². The van der Waals surface area contributed by atoms with Gasteiger partial charge in [0.05, 0.1) is 22.7 Å². The molecular weight excluding hydrogens is 1050 g/mol. The van der Waals surface area contributed by atoms with Crippen LogP contribution in [0.5, 0.6) is 23.0 Å². The molecule has 2 aliphatic heterocycles. The number of nitrogens with zero attached hydrogens (tertiary/aromatic N) is 4. The van der Waals surface area contributed by atoms with Gasteiger partial charge in [-0.3, -0.25) is 0 Å². The highest BCUT2D eigenvalue weighted by Crippen LogP contribution is 2.52. The first-order valence-electron chi connectivity index (χ1n) is 29.4. The average Bonchev–Trinajstić information content (AvgIpc) is 1.28. The van der Waals surface area contributed by atoms with Gasteiger partial charge in [-0.2, -0.15) is 0 Å². The first-order valence-corrected chi connectivity index (χ1v) is 29.4. The number of para-hydroxylation sites is 6. The minimum absolute atomic E-state index is 0.886. The maximum atomic E-state index is 6.17. The Kier molecular flexibility index (Phi) is 17.5. The molecule has 0 fully saturated rings. The molecule has 14 rings (SSSR count). The molecule has 0 unspecified atom stereocenters. The van der Waals surface area contributed by atoms with Crippen LogP contribution in [0.2, 0.25) is 0 Å². The molecule has 0 radical (unpaired) electrons. The van der Waals surface area contributed by atoms with Gasteiger partial charge in [-0.1, -0.05) is 179 Å². The quantitative estimate of drug-likeness (QED) is 0.151. The number of rotatable bonds is 8. The minimum Gasteiger partial charge on any atom is -0.453 e. The molecule has 0 bridgehead atoms. The molecule has 0 saturated carbocycles. The van der Waals surface area contributed by atoms with Gasteiger partial charge >= 0.3 is 0 Å². The normalized spacial score (nSPS) is 11.4. The lowest BCUT2D eigenvalue weighted by atomic mass is 10.1. The van der Waals surface area contributed by atoms with Gasteiger partial charge in [0.2, 0.25) is 0 Å². The second-order valence-corrected chi connectivity index (χ2v) is 22.1. The second kappa shape index (κ2) is 26.3. The molecular formula is C80H72N4O2. The summed E-state index contributed by atoms with van der Waals surface area (Å²) < 4.78 is 12.2. The molecule has 12 aromatic carbocycles. The third-order valence-electron chi connectivity index (χ3n) is 15.1. The van der Waals surface area contributed by atoms with Gasteiger partial charge in [0.1, 0.15) is 0 Å². The van der Waals surface area contributed by atoms with Crippen molar-refractivity contribution in [1.29, 1.82) is 0 Å². The number of fused-ring (bicyclic) bond motifs is 4. The number of aryl methyl sites for hydroxylation is 8. The summed E-state index contributed by atoms with van der Waals surface area (Å²) in [5.74, 6) is 3.58. The fourth-order valence-electron chi connectivity index (χ4n) is 10.5. The van der Waals surface area contributed by atoms with Crippen molar-refractivity contribution in [3.8, 4) is 23.0 Å².